The number of carbonyl (C=O) groups is 1. The van der Waals surface area contributed by atoms with Crippen LogP contribution >= 0.6 is 0 Å². The summed E-state index contributed by atoms with van der Waals surface area (Å²) in [5, 5.41) is 18.4. The number of nitro groups is 1. The lowest BCUT2D eigenvalue weighted by atomic mass is 9.89. The molecule has 1 aromatic heterocycles. The fourth-order valence-electron chi connectivity index (χ4n) is 2.48. The molecule has 19 heavy (non-hydrogen) atoms. The summed E-state index contributed by atoms with van der Waals surface area (Å²) in [6, 6.07) is 0. The number of rotatable bonds is 5. The Morgan fingerprint density at radius 2 is 2.21 bits per heavy atom. The Morgan fingerprint density at radius 1 is 1.58 bits per heavy atom. The van der Waals surface area contributed by atoms with Crippen molar-refractivity contribution in [2.45, 2.75) is 32.2 Å². The largest absolute Gasteiger partial charge is 0.364 e. The molecule has 0 bridgehead atoms. The van der Waals surface area contributed by atoms with Crippen LogP contribution in [0.5, 0.6) is 0 Å². The van der Waals surface area contributed by atoms with Crippen molar-refractivity contribution >= 4 is 11.6 Å². The van der Waals surface area contributed by atoms with Gasteiger partial charge < -0.3 is 11.1 Å². The molecule has 0 saturated carbocycles. The first kappa shape index (κ1) is 13.5. The van der Waals surface area contributed by atoms with Crippen molar-refractivity contribution in [3.05, 3.63) is 21.5 Å². The van der Waals surface area contributed by atoms with Gasteiger partial charge in [0.15, 0.2) is 0 Å². The van der Waals surface area contributed by atoms with Gasteiger partial charge in [-0.1, -0.05) is 13.8 Å². The van der Waals surface area contributed by atoms with Crippen LogP contribution in [0.1, 0.15) is 36.5 Å². The normalized spacial score (nSPS) is 16.9. The number of aromatic nitrogens is 2. The van der Waals surface area contributed by atoms with Gasteiger partial charge in [0, 0.05) is 13.1 Å². The molecule has 0 atom stereocenters. The van der Waals surface area contributed by atoms with Gasteiger partial charge in [0.05, 0.1) is 10.5 Å². The van der Waals surface area contributed by atoms with Crippen molar-refractivity contribution in [2.75, 3.05) is 13.1 Å². The second-order valence-corrected chi connectivity index (χ2v) is 4.71. The van der Waals surface area contributed by atoms with Crippen LogP contribution in [0.4, 0.5) is 5.69 Å². The van der Waals surface area contributed by atoms with Crippen molar-refractivity contribution in [3.63, 3.8) is 0 Å². The molecule has 8 nitrogen and oxygen atoms in total. The molecule has 1 aliphatic rings. The lowest BCUT2D eigenvalue weighted by molar-refractivity contribution is -0.386. The van der Waals surface area contributed by atoms with Crippen LogP contribution in [0.15, 0.2) is 0 Å². The quantitative estimate of drug-likeness (QED) is 0.582. The second kappa shape index (κ2) is 4.61. The van der Waals surface area contributed by atoms with Crippen LogP contribution in [0.25, 0.3) is 0 Å². The van der Waals surface area contributed by atoms with E-state index in [2.05, 4.69) is 10.4 Å². The van der Waals surface area contributed by atoms with Crippen molar-refractivity contribution in [1.29, 1.82) is 0 Å². The summed E-state index contributed by atoms with van der Waals surface area (Å²) in [6.07, 6.45) is 1.21. The van der Waals surface area contributed by atoms with E-state index < -0.39 is 10.8 Å². The summed E-state index contributed by atoms with van der Waals surface area (Å²) in [5.41, 5.74) is 4.87. The Bertz CT molecular complexity index is 527. The summed E-state index contributed by atoms with van der Waals surface area (Å²) >= 11 is 0. The van der Waals surface area contributed by atoms with Crippen LogP contribution in [0, 0.1) is 10.1 Å². The highest BCUT2D eigenvalue weighted by Gasteiger charge is 2.43. The Kier molecular flexibility index (Phi) is 3.27. The molecule has 0 spiro atoms. The van der Waals surface area contributed by atoms with Gasteiger partial charge in [-0.05, 0) is 12.8 Å². The SMILES string of the molecule is CCc1c([N+](=O)[O-])c(C(N)=O)nn1C1(CC)CNC1. The lowest BCUT2D eigenvalue weighted by Gasteiger charge is -2.42. The van der Waals surface area contributed by atoms with E-state index in [1.807, 2.05) is 6.92 Å². The minimum atomic E-state index is -0.862. The van der Waals surface area contributed by atoms with E-state index >= 15 is 0 Å². The molecule has 1 saturated heterocycles. The van der Waals surface area contributed by atoms with Gasteiger partial charge in [0.25, 0.3) is 5.91 Å². The highest BCUT2D eigenvalue weighted by Crippen LogP contribution is 2.33. The molecule has 2 heterocycles. The minimum Gasteiger partial charge on any atom is -0.364 e. The maximum atomic E-state index is 11.4. The van der Waals surface area contributed by atoms with Crippen LogP contribution < -0.4 is 11.1 Å². The van der Waals surface area contributed by atoms with Crippen LogP contribution in [0.2, 0.25) is 0 Å². The van der Waals surface area contributed by atoms with Crippen LogP contribution in [-0.4, -0.2) is 33.7 Å². The van der Waals surface area contributed by atoms with E-state index in [-0.39, 0.29) is 16.9 Å². The standard InChI is InChI=1S/C11H17N5O3/c1-3-7-9(16(18)19)8(10(12)17)14-15(7)11(4-2)5-13-6-11/h13H,3-6H2,1-2H3,(H2,12,17). The fourth-order valence-corrected chi connectivity index (χ4v) is 2.48. The lowest BCUT2D eigenvalue weighted by Crippen LogP contribution is -2.61. The van der Waals surface area contributed by atoms with Gasteiger partial charge in [-0.2, -0.15) is 5.10 Å². The second-order valence-electron chi connectivity index (χ2n) is 4.71. The molecule has 104 valence electrons. The van der Waals surface area contributed by atoms with Gasteiger partial charge in [0.1, 0.15) is 5.69 Å². The topological polar surface area (TPSA) is 116 Å². The maximum Gasteiger partial charge on any atom is 0.323 e. The van der Waals surface area contributed by atoms with Gasteiger partial charge in [-0.15, -0.1) is 0 Å². The Labute approximate surface area is 110 Å². The van der Waals surface area contributed by atoms with E-state index in [4.69, 9.17) is 5.73 Å². The van der Waals surface area contributed by atoms with Crippen LogP contribution in [-0.2, 0) is 12.0 Å². The first-order valence-corrected chi connectivity index (χ1v) is 6.24. The van der Waals surface area contributed by atoms with Gasteiger partial charge in [-0.3, -0.25) is 19.6 Å². The number of nitrogens with zero attached hydrogens (tertiary/aromatic N) is 3. The molecular weight excluding hydrogens is 250 g/mol. The summed E-state index contributed by atoms with van der Waals surface area (Å²) in [5.74, 6) is -0.862. The molecule has 3 N–H and O–H groups in total. The van der Waals surface area contributed by atoms with Crippen molar-refractivity contribution in [2.24, 2.45) is 5.73 Å². The number of nitrogens with one attached hydrogen (secondary N) is 1. The molecule has 1 aliphatic heterocycles. The first-order chi connectivity index (χ1) is 8.96. The molecule has 0 radical (unpaired) electrons. The molecule has 2 rings (SSSR count). The highest BCUT2D eigenvalue weighted by molar-refractivity contribution is 5.95. The van der Waals surface area contributed by atoms with E-state index in [1.165, 1.54) is 0 Å². The highest BCUT2D eigenvalue weighted by atomic mass is 16.6. The summed E-state index contributed by atoms with van der Waals surface area (Å²) < 4.78 is 1.63. The zero-order chi connectivity index (χ0) is 14.2. The monoisotopic (exact) mass is 267 g/mol. The fraction of sp³-hybridized carbons (Fsp3) is 0.636. The number of nitrogens with two attached hydrogens (primary N) is 1. The van der Waals surface area contributed by atoms with E-state index in [0.717, 1.165) is 6.42 Å². The van der Waals surface area contributed by atoms with Crippen molar-refractivity contribution in [1.82, 2.24) is 15.1 Å². The number of hydrogen-bond donors (Lipinski definition) is 2. The van der Waals surface area contributed by atoms with Crippen molar-refractivity contribution < 1.29 is 9.72 Å². The molecular formula is C11H17N5O3. The molecule has 1 aromatic rings. The van der Waals surface area contributed by atoms with Crippen molar-refractivity contribution in [3.8, 4) is 0 Å². The Hall–Kier alpha value is -1.96. The van der Waals surface area contributed by atoms with Gasteiger partial charge in [-0.25, -0.2) is 0 Å². The minimum absolute atomic E-state index is 0.249. The average molecular weight is 267 g/mol. The molecule has 0 aromatic carbocycles. The molecule has 0 aliphatic carbocycles. The predicted octanol–water partition coefficient (Wildman–Crippen LogP) is 0.161. The number of amides is 1. The van der Waals surface area contributed by atoms with E-state index in [1.54, 1.807) is 11.6 Å². The Morgan fingerprint density at radius 3 is 2.53 bits per heavy atom. The molecule has 0 unspecified atom stereocenters. The molecule has 1 fully saturated rings. The zero-order valence-electron chi connectivity index (χ0n) is 11.0. The maximum absolute atomic E-state index is 11.4. The zero-order valence-corrected chi connectivity index (χ0v) is 11.0. The first-order valence-electron chi connectivity index (χ1n) is 6.24. The van der Waals surface area contributed by atoms with Gasteiger partial charge in [0.2, 0.25) is 5.69 Å². The Balaban J connectivity index is 2.65. The van der Waals surface area contributed by atoms with Crippen LogP contribution in [0.3, 0.4) is 0 Å². The third-order valence-electron chi connectivity index (χ3n) is 3.72. The van der Waals surface area contributed by atoms with E-state index in [0.29, 0.717) is 25.2 Å². The average Bonchev–Trinajstić information content (AvgIpc) is 2.68. The third kappa shape index (κ3) is 1.88. The summed E-state index contributed by atoms with van der Waals surface area (Å²) in [7, 11) is 0. The summed E-state index contributed by atoms with van der Waals surface area (Å²) in [6.45, 7) is 5.18. The van der Waals surface area contributed by atoms with E-state index in [9.17, 15) is 14.9 Å². The number of primary amides is 1. The summed E-state index contributed by atoms with van der Waals surface area (Å²) in [4.78, 5) is 22.0. The molecule has 8 heteroatoms. The van der Waals surface area contributed by atoms with Gasteiger partial charge >= 0.3 is 5.69 Å². The number of carbonyl (C=O) groups excluding carboxylic acids is 1. The number of hydrogen-bond acceptors (Lipinski definition) is 5. The smallest absolute Gasteiger partial charge is 0.323 e. The third-order valence-corrected chi connectivity index (χ3v) is 3.72. The molecule has 1 amide bonds. The predicted molar refractivity (Wildman–Crippen MR) is 67.9 cm³/mol.